The minimum absolute atomic E-state index is 0.205. The van der Waals surface area contributed by atoms with Crippen molar-refractivity contribution in [1.82, 2.24) is 0 Å². The highest BCUT2D eigenvalue weighted by Gasteiger charge is 2.21. The summed E-state index contributed by atoms with van der Waals surface area (Å²) in [6.45, 7) is 7.36. The Balaban J connectivity index is 1.72. The summed E-state index contributed by atoms with van der Waals surface area (Å²) in [5.74, 6) is 1.42. The summed E-state index contributed by atoms with van der Waals surface area (Å²) in [6.07, 6.45) is 7.16. The third-order valence-electron chi connectivity index (χ3n) is 4.54. The molecule has 0 aliphatic heterocycles. The molecule has 0 aromatic heterocycles. The van der Waals surface area contributed by atoms with Crippen LogP contribution in [0.25, 0.3) is 10.8 Å². The number of allylic oxidation sites excluding steroid dienone is 2. The van der Waals surface area contributed by atoms with Gasteiger partial charge in [-0.15, -0.1) is 0 Å². The van der Waals surface area contributed by atoms with Crippen LogP contribution in [-0.2, 0) is 27.1 Å². The normalized spacial score (nSPS) is 12.5. The number of carbonyl (C=O) groups is 1. The fraction of sp³-hybridized carbons (Fsp3) is 0.348. The predicted molar refractivity (Wildman–Crippen MR) is 109 cm³/mol. The molecule has 0 amide bonds. The highest BCUT2D eigenvalue weighted by atomic mass is 16.6. The SMILES string of the molecule is C=CC(=O)OCCOCCOc1c2c(c(OCC)c3ccccc13)CC=CC2. The Morgan fingerprint density at radius 2 is 1.57 bits per heavy atom. The fourth-order valence-corrected chi connectivity index (χ4v) is 3.35. The number of rotatable bonds is 10. The second-order valence-electron chi connectivity index (χ2n) is 6.31. The first kappa shape index (κ1) is 20.0. The maximum Gasteiger partial charge on any atom is 0.330 e. The van der Waals surface area contributed by atoms with Crippen LogP contribution in [0, 0.1) is 0 Å². The van der Waals surface area contributed by atoms with Crippen molar-refractivity contribution in [2.24, 2.45) is 0 Å². The molecule has 5 nitrogen and oxygen atoms in total. The first-order chi connectivity index (χ1) is 13.8. The van der Waals surface area contributed by atoms with Crippen LogP contribution in [0.1, 0.15) is 18.1 Å². The van der Waals surface area contributed by atoms with Crippen LogP contribution in [0.2, 0.25) is 0 Å². The van der Waals surface area contributed by atoms with E-state index in [1.807, 2.05) is 19.1 Å². The molecular weight excluding hydrogens is 356 g/mol. The van der Waals surface area contributed by atoms with Gasteiger partial charge in [0.05, 0.1) is 19.8 Å². The highest BCUT2D eigenvalue weighted by molar-refractivity contribution is 5.96. The third kappa shape index (κ3) is 4.54. The van der Waals surface area contributed by atoms with Gasteiger partial charge in [0.15, 0.2) is 0 Å². The molecule has 0 fully saturated rings. The van der Waals surface area contributed by atoms with Gasteiger partial charge in [-0.05, 0) is 19.8 Å². The fourth-order valence-electron chi connectivity index (χ4n) is 3.35. The molecule has 0 N–H and O–H groups in total. The summed E-state index contributed by atoms with van der Waals surface area (Å²) >= 11 is 0. The van der Waals surface area contributed by atoms with Gasteiger partial charge in [0, 0.05) is 28.0 Å². The predicted octanol–water partition coefficient (Wildman–Crippen LogP) is 4.02. The largest absolute Gasteiger partial charge is 0.493 e. The average Bonchev–Trinajstić information content (AvgIpc) is 2.74. The van der Waals surface area contributed by atoms with Gasteiger partial charge in [0.2, 0.25) is 0 Å². The van der Waals surface area contributed by atoms with Gasteiger partial charge in [-0.2, -0.15) is 0 Å². The van der Waals surface area contributed by atoms with Gasteiger partial charge < -0.3 is 18.9 Å². The topological polar surface area (TPSA) is 54.0 Å². The zero-order chi connectivity index (χ0) is 19.8. The number of hydrogen-bond donors (Lipinski definition) is 0. The summed E-state index contributed by atoms with van der Waals surface area (Å²) in [6, 6.07) is 8.19. The van der Waals surface area contributed by atoms with E-state index in [1.165, 1.54) is 11.1 Å². The van der Waals surface area contributed by atoms with Crippen LogP contribution in [0.3, 0.4) is 0 Å². The van der Waals surface area contributed by atoms with Crippen molar-refractivity contribution in [2.45, 2.75) is 19.8 Å². The lowest BCUT2D eigenvalue weighted by Gasteiger charge is -2.23. The molecular formula is C23H26O5. The van der Waals surface area contributed by atoms with Crippen LogP contribution in [0.4, 0.5) is 0 Å². The van der Waals surface area contributed by atoms with Gasteiger partial charge in [-0.25, -0.2) is 4.79 Å². The molecule has 1 aliphatic carbocycles. The van der Waals surface area contributed by atoms with Gasteiger partial charge in [0.25, 0.3) is 0 Å². The number of ether oxygens (including phenoxy) is 4. The molecule has 0 heterocycles. The minimum atomic E-state index is -0.444. The van der Waals surface area contributed by atoms with Crippen molar-refractivity contribution < 1.29 is 23.7 Å². The smallest absolute Gasteiger partial charge is 0.330 e. The number of carbonyl (C=O) groups excluding carboxylic acids is 1. The maximum atomic E-state index is 11.0. The molecule has 0 saturated heterocycles. The van der Waals surface area contributed by atoms with E-state index in [0.717, 1.165) is 41.2 Å². The summed E-state index contributed by atoms with van der Waals surface area (Å²) in [5.41, 5.74) is 2.39. The van der Waals surface area contributed by atoms with Crippen molar-refractivity contribution in [3.8, 4) is 11.5 Å². The number of esters is 1. The monoisotopic (exact) mass is 382 g/mol. The van der Waals surface area contributed by atoms with Crippen molar-refractivity contribution in [3.63, 3.8) is 0 Å². The molecule has 5 heteroatoms. The Kier molecular flexibility index (Phi) is 7.09. The van der Waals surface area contributed by atoms with Gasteiger partial charge in [-0.1, -0.05) is 43.0 Å². The highest BCUT2D eigenvalue weighted by Crippen LogP contribution is 2.43. The van der Waals surface area contributed by atoms with Crippen LogP contribution in [-0.4, -0.2) is 39.0 Å². The van der Waals surface area contributed by atoms with Gasteiger partial charge in [-0.3, -0.25) is 0 Å². The second-order valence-corrected chi connectivity index (χ2v) is 6.31. The Bertz CT molecular complexity index is 869. The Labute approximate surface area is 165 Å². The van der Waals surface area contributed by atoms with Crippen LogP contribution in [0.5, 0.6) is 11.5 Å². The Hall–Kier alpha value is -2.79. The van der Waals surface area contributed by atoms with E-state index in [-0.39, 0.29) is 6.61 Å². The van der Waals surface area contributed by atoms with Crippen molar-refractivity contribution in [2.75, 3.05) is 33.0 Å². The molecule has 28 heavy (non-hydrogen) atoms. The van der Waals surface area contributed by atoms with E-state index in [9.17, 15) is 4.79 Å². The van der Waals surface area contributed by atoms with E-state index in [1.54, 1.807) is 0 Å². The van der Waals surface area contributed by atoms with Crippen molar-refractivity contribution in [1.29, 1.82) is 0 Å². The van der Waals surface area contributed by atoms with E-state index in [0.29, 0.717) is 26.4 Å². The average molecular weight is 382 g/mol. The standard InChI is InChI=1S/C23H26O5/c1-3-21(24)27-15-13-25-14-16-28-23-19-11-7-5-9-17(19)22(26-4-2)18-10-6-8-12-20(18)23/h3,5-9,11H,1,4,10,12-16H2,2H3. The lowest BCUT2D eigenvalue weighted by molar-refractivity contribution is -0.139. The summed E-state index contributed by atoms with van der Waals surface area (Å²) in [4.78, 5) is 11.0. The first-order valence-corrected chi connectivity index (χ1v) is 9.60. The lowest BCUT2D eigenvalue weighted by atomic mass is 9.90. The van der Waals surface area contributed by atoms with Crippen molar-refractivity contribution in [3.05, 3.63) is 60.2 Å². The summed E-state index contributed by atoms with van der Waals surface area (Å²) < 4.78 is 22.5. The minimum Gasteiger partial charge on any atom is -0.493 e. The van der Waals surface area contributed by atoms with Crippen molar-refractivity contribution >= 4 is 16.7 Å². The summed E-state index contributed by atoms with van der Waals surface area (Å²) in [7, 11) is 0. The van der Waals surface area contributed by atoms with E-state index in [4.69, 9.17) is 18.9 Å². The molecule has 2 aromatic carbocycles. The van der Waals surface area contributed by atoms with Crippen LogP contribution in [0.15, 0.2) is 49.1 Å². The zero-order valence-electron chi connectivity index (χ0n) is 16.2. The van der Waals surface area contributed by atoms with E-state index in [2.05, 4.69) is 30.9 Å². The zero-order valence-corrected chi connectivity index (χ0v) is 16.2. The maximum absolute atomic E-state index is 11.0. The molecule has 0 unspecified atom stereocenters. The Morgan fingerprint density at radius 3 is 2.18 bits per heavy atom. The molecule has 3 rings (SSSR count). The van der Waals surface area contributed by atoms with E-state index >= 15 is 0 Å². The molecule has 148 valence electrons. The third-order valence-corrected chi connectivity index (χ3v) is 4.54. The molecule has 0 saturated carbocycles. The molecule has 0 spiro atoms. The quantitative estimate of drug-likeness (QED) is 0.269. The van der Waals surface area contributed by atoms with E-state index < -0.39 is 5.97 Å². The number of fused-ring (bicyclic) bond motifs is 2. The molecule has 0 atom stereocenters. The molecule has 0 radical (unpaired) electrons. The summed E-state index contributed by atoms with van der Waals surface area (Å²) in [5, 5.41) is 2.13. The van der Waals surface area contributed by atoms with Gasteiger partial charge >= 0.3 is 5.97 Å². The second kappa shape index (κ2) is 9.95. The Morgan fingerprint density at radius 1 is 0.964 bits per heavy atom. The van der Waals surface area contributed by atoms with Crippen LogP contribution >= 0.6 is 0 Å². The number of hydrogen-bond acceptors (Lipinski definition) is 5. The molecule has 1 aliphatic rings. The molecule has 2 aromatic rings. The molecule has 0 bridgehead atoms. The first-order valence-electron chi connectivity index (χ1n) is 9.60. The number of benzene rings is 2. The van der Waals surface area contributed by atoms with Crippen LogP contribution < -0.4 is 9.47 Å². The van der Waals surface area contributed by atoms with Gasteiger partial charge in [0.1, 0.15) is 24.7 Å². The lowest BCUT2D eigenvalue weighted by Crippen LogP contribution is -2.14.